The maximum atomic E-state index is 11.3. The molecule has 1 fully saturated rings. The molecule has 2 heteroatoms. The van der Waals surface area contributed by atoms with Crippen molar-refractivity contribution in [3.63, 3.8) is 0 Å². The van der Waals surface area contributed by atoms with Gasteiger partial charge in [0.1, 0.15) is 5.78 Å². The average molecular weight is 193 g/mol. The fraction of sp³-hybridized carbons (Fsp3) is 0.750. The molecular weight excluding hydrogens is 174 g/mol. The van der Waals surface area contributed by atoms with E-state index in [1.165, 1.54) is 19.3 Å². The topological polar surface area (TPSA) is 29.1 Å². The van der Waals surface area contributed by atoms with Crippen LogP contribution in [0.5, 0.6) is 0 Å². The molecule has 14 heavy (non-hydrogen) atoms. The second-order valence-electron chi connectivity index (χ2n) is 3.93. The lowest BCUT2D eigenvalue weighted by Gasteiger charge is -2.22. The monoisotopic (exact) mass is 193 g/mol. The Kier molecular flexibility index (Phi) is 5.32. The van der Waals surface area contributed by atoms with E-state index >= 15 is 0 Å². The number of hydrogen-bond donors (Lipinski definition) is 1. The van der Waals surface area contributed by atoms with Crippen molar-refractivity contribution in [1.82, 2.24) is 5.32 Å². The van der Waals surface area contributed by atoms with E-state index in [1.807, 2.05) is 0 Å². The number of carbonyl (C=O) groups is 1. The van der Waals surface area contributed by atoms with Gasteiger partial charge in [0.2, 0.25) is 0 Å². The lowest BCUT2D eigenvalue weighted by molar-refractivity contribution is -0.119. The van der Waals surface area contributed by atoms with Crippen molar-refractivity contribution in [2.24, 2.45) is 0 Å². The second kappa shape index (κ2) is 6.62. The van der Waals surface area contributed by atoms with Crippen LogP contribution in [0.25, 0.3) is 0 Å². The summed E-state index contributed by atoms with van der Waals surface area (Å²) in [7, 11) is 0. The molecule has 1 rings (SSSR count). The van der Waals surface area contributed by atoms with Crippen LogP contribution in [0.2, 0.25) is 0 Å². The molecule has 0 aromatic heterocycles. The first-order valence-electron chi connectivity index (χ1n) is 5.51. The fourth-order valence-electron chi connectivity index (χ4n) is 1.84. The minimum absolute atomic E-state index is 0.315. The van der Waals surface area contributed by atoms with E-state index in [0.717, 1.165) is 13.0 Å². The van der Waals surface area contributed by atoms with Gasteiger partial charge in [0, 0.05) is 25.3 Å². The summed E-state index contributed by atoms with van der Waals surface area (Å²) < 4.78 is 0. The van der Waals surface area contributed by atoms with Crippen LogP contribution in [-0.2, 0) is 4.79 Å². The van der Waals surface area contributed by atoms with Gasteiger partial charge in [0.25, 0.3) is 0 Å². The van der Waals surface area contributed by atoms with E-state index in [2.05, 4.69) is 11.2 Å². The standard InChI is InChI=1S/C12H19NO/c1-2-3-7-12(14)9-8-11-6-4-5-10-13-11/h1,11,13H,3-10H2. The molecule has 0 aliphatic carbocycles. The summed E-state index contributed by atoms with van der Waals surface area (Å²) >= 11 is 0. The Morgan fingerprint density at radius 2 is 2.29 bits per heavy atom. The van der Waals surface area contributed by atoms with Crippen LogP contribution in [0.15, 0.2) is 0 Å². The second-order valence-corrected chi connectivity index (χ2v) is 3.93. The predicted octanol–water partition coefficient (Wildman–Crippen LogP) is 1.89. The van der Waals surface area contributed by atoms with Crippen LogP contribution in [0.3, 0.4) is 0 Å². The first kappa shape index (κ1) is 11.3. The normalized spacial score (nSPS) is 21.5. The number of ketones is 1. The Bertz CT molecular complexity index is 211. The minimum Gasteiger partial charge on any atom is -0.314 e. The quantitative estimate of drug-likeness (QED) is 0.676. The van der Waals surface area contributed by atoms with E-state index in [9.17, 15) is 4.79 Å². The molecule has 0 bridgehead atoms. The number of hydrogen-bond acceptors (Lipinski definition) is 2. The smallest absolute Gasteiger partial charge is 0.133 e. The van der Waals surface area contributed by atoms with Gasteiger partial charge in [0.05, 0.1) is 0 Å². The van der Waals surface area contributed by atoms with E-state index in [-0.39, 0.29) is 0 Å². The molecule has 1 saturated heterocycles. The van der Waals surface area contributed by atoms with E-state index < -0.39 is 0 Å². The van der Waals surface area contributed by atoms with Crippen LogP contribution in [0.4, 0.5) is 0 Å². The zero-order chi connectivity index (χ0) is 10.2. The van der Waals surface area contributed by atoms with Gasteiger partial charge >= 0.3 is 0 Å². The number of piperidine rings is 1. The Labute approximate surface area is 86.5 Å². The van der Waals surface area contributed by atoms with E-state index in [1.54, 1.807) is 0 Å². The van der Waals surface area contributed by atoms with Crippen molar-refractivity contribution >= 4 is 5.78 Å². The van der Waals surface area contributed by atoms with Crippen molar-refractivity contribution in [3.05, 3.63) is 0 Å². The zero-order valence-electron chi connectivity index (χ0n) is 8.72. The lowest BCUT2D eigenvalue weighted by atomic mass is 9.98. The molecule has 0 spiro atoms. The molecule has 1 aliphatic heterocycles. The molecule has 0 radical (unpaired) electrons. The van der Waals surface area contributed by atoms with Crippen molar-refractivity contribution in [1.29, 1.82) is 0 Å². The molecule has 1 unspecified atom stereocenters. The molecule has 1 heterocycles. The summed E-state index contributed by atoms with van der Waals surface area (Å²) in [5, 5.41) is 3.44. The Morgan fingerprint density at radius 1 is 1.43 bits per heavy atom. The molecule has 0 aromatic carbocycles. The maximum absolute atomic E-state index is 11.3. The van der Waals surface area contributed by atoms with Gasteiger partial charge < -0.3 is 5.32 Å². The largest absolute Gasteiger partial charge is 0.314 e. The van der Waals surface area contributed by atoms with E-state index in [4.69, 9.17) is 6.42 Å². The third kappa shape index (κ3) is 4.43. The highest BCUT2D eigenvalue weighted by atomic mass is 16.1. The zero-order valence-corrected chi connectivity index (χ0v) is 8.72. The molecule has 0 amide bonds. The van der Waals surface area contributed by atoms with Gasteiger partial charge in [0.15, 0.2) is 0 Å². The SMILES string of the molecule is C#CCCC(=O)CCC1CCCCN1. The Morgan fingerprint density at radius 3 is 2.93 bits per heavy atom. The number of carbonyl (C=O) groups excluding carboxylic acids is 1. The van der Waals surface area contributed by atoms with Gasteiger partial charge in [-0.3, -0.25) is 4.79 Å². The summed E-state index contributed by atoms with van der Waals surface area (Å²) in [6.07, 6.45) is 11.7. The van der Waals surface area contributed by atoms with Crippen molar-refractivity contribution in [2.45, 2.75) is 51.0 Å². The molecule has 0 aromatic rings. The summed E-state index contributed by atoms with van der Waals surface area (Å²) in [4.78, 5) is 11.3. The number of Topliss-reactive ketones (excluding diaryl/α,β-unsaturated/α-hetero) is 1. The Balaban J connectivity index is 2.07. The number of nitrogens with one attached hydrogen (secondary N) is 1. The van der Waals surface area contributed by atoms with Crippen LogP contribution in [-0.4, -0.2) is 18.4 Å². The van der Waals surface area contributed by atoms with Crippen LogP contribution in [0, 0.1) is 12.3 Å². The molecule has 1 aliphatic rings. The summed E-state index contributed by atoms with van der Waals surface area (Å²) in [6.45, 7) is 1.11. The van der Waals surface area contributed by atoms with Crippen LogP contribution < -0.4 is 5.32 Å². The van der Waals surface area contributed by atoms with Crippen molar-refractivity contribution in [3.8, 4) is 12.3 Å². The highest BCUT2D eigenvalue weighted by Gasteiger charge is 2.13. The third-order valence-corrected chi connectivity index (χ3v) is 2.73. The molecule has 0 saturated carbocycles. The van der Waals surface area contributed by atoms with Crippen molar-refractivity contribution < 1.29 is 4.79 Å². The minimum atomic E-state index is 0.315. The average Bonchev–Trinajstić information content (AvgIpc) is 2.25. The third-order valence-electron chi connectivity index (χ3n) is 2.73. The highest BCUT2D eigenvalue weighted by Crippen LogP contribution is 2.12. The van der Waals surface area contributed by atoms with Crippen LogP contribution in [0.1, 0.15) is 44.9 Å². The number of rotatable bonds is 5. The van der Waals surface area contributed by atoms with Gasteiger partial charge in [-0.25, -0.2) is 0 Å². The van der Waals surface area contributed by atoms with Gasteiger partial charge in [-0.2, -0.15) is 0 Å². The Hall–Kier alpha value is -0.810. The van der Waals surface area contributed by atoms with Crippen LogP contribution >= 0.6 is 0 Å². The molecule has 2 nitrogen and oxygen atoms in total. The summed E-state index contributed by atoms with van der Waals surface area (Å²) in [5.41, 5.74) is 0. The summed E-state index contributed by atoms with van der Waals surface area (Å²) in [6, 6.07) is 0.568. The lowest BCUT2D eigenvalue weighted by Crippen LogP contribution is -2.34. The van der Waals surface area contributed by atoms with Gasteiger partial charge in [-0.15, -0.1) is 12.3 Å². The summed E-state index contributed by atoms with van der Waals surface area (Å²) in [5.74, 6) is 2.82. The predicted molar refractivity (Wildman–Crippen MR) is 57.9 cm³/mol. The molecular formula is C12H19NO. The fourth-order valence-corrected chi connectivity index (χ4v) is 1.84. The first-order valence-corrected chi connectivity index (χ1v) is 5.51. The van der Waals surface area contributed by atoms with Crippen molar-refractivity contribution in [2.75, 3.05) is 6.54 Å². The highest BCUT2D eigenvalue weighted by molar-refractivity contribution is 5.78. The number of terminal acetylenes is 1. The molecule has 78 valence electrons. The first-order chi connectivity index (χ1) is 6.83. The van der Waals surface area contributed by atoms with Gasteiger partial charge in [-0.05, 0) is 25.8 Å². The van der Waals surface area contributed by atoms with E-state index in [0.29, 0.717) is 31.1 Å². The van der Waals surface area contributed by atoms with Gasteiger partial charge in [-0.1, -0.05) is 6.42 Å². The molecule has 1 atom stereocenters. The maximum Gasteiger partial charge on any atom is 0.133 e. The molecule has 1 N–H and O–H groups in total.